The van der Waals surface area contributed by atoms with Crippen LogP contribution in [0, 0.1) is 0 Å². The molecule has 9 heteroatoms. The van der Waals surface area contributed by atoms with Crippen molar-refractivity contribution >= 4 is 5.97 Å². The summed E-state index contributed by atoms with van der Waals surface area (Å²) in [7, 11) is 1.31. The fraction of sp³-hybridized carbons (Fsp3) is 0.875. The number of esters is 1. The monoisotopic (exact) mass is 469 g/mol. The SMILES string of the molecule is CCCCCOC[C@H]1O[C@@H](n2cnc(C(=O)OC)n2)[C@H](OCCCCC)[C@@H]1OCCCCC. The van der Waals surface area contributed by atoms with Gasteiger partial charge >= 0.3 is 5.97 Å². The fourth-order valence-electron chi connectivity index (χ4n) is 3.81. The van der Waals surface area contributed by atoms with Crippen molar-refractivity contribution in [2.75, 3.05) is 33.5 Å². The summed E-state index contributed by atoms with van der Waals surface area (Å²) in [6, 6.07) is 0. The molecule has 1 aliphatic heterocycles. The lowest BCUT2D eigenvalue weighted by Gasteiger charge is -2.25. The number of carbonyl (C=O) groups is 1. The number of rotatable bonds is 18. The number of hydrogen-bond donors (Lipinski definition) is 0. The van der Waals surface area contributed by atoms with Crippen molar-refractivity contribution in [1.82, 2.24) is 14.8 Å². The Kier molecular flexibility index (Phi) is 13.5. The Morgan fingerprint density at radius 2 is 1.55 bits per heavy atom. The molecule has 190 valence electrons. The van der Waals surface area contributed by atoms with Crippen LogP contribution in [0.3, 0.4) is 0 Å². The summed E-state index contributed by atoms with van der Waals surface area (Å²) < 4.78 is 31.2. The topological polar surface area (TPSA) is 93.9 Å². The van der Waals surface area contributed by atoms with Crippen LogP contribution in [-0.4, -0.2) is 72.6 Å². The van der Waals surface area contributed by atoms with Crippen LogP contribution in [0.25, 0.3) is 0 Å². The second kappa shape index (κ2) is 16.1. The minimum absolute atomic E-state index is 0.00878. The summed E-state index contributed by atoms with van der Waals surface area (Å²) in [5, 5.41) is 4.29. The molecule has 1 saturated heterocycles. The van der Waals surface area contributed by atoms with Gasteiger partial charge in [-0.1, -0.05) is 59.3 Å². The van der Waals surface area contributed by atoms with Gasteiger partial charge in [0.25, 0.3) is 5.82 Å². The van der Waals surface area contributed by atoms with Crippen molar-refractivity contribution in [2.24, 2.45) is 0 Å². The molecule has 0 bridgehead atoms. The van der Waals surface area contributed by atoms with Gasteiger partial charge in [0.05, 0.1) is 13.7 Å². The molecule has 1 aromatic heterocycles. The first-order chi connectivity index (χ1) is 16.2. The molecule has 9 nitrogen and oxygen atoms in total. The molecule has 4 atom stereocenters. The van der Waals surface area contributed by atoms with Crippen molar-refractivity contribution < 1.29 is 28.5 Å². The Balaban J connectivity index is 2.14. The lowest BCUT2D eigenvalue weighted by Crippen LogP contribution is -2.39. The maximum atomic E-state index is 11.8. The Morgan fingerprint density at radius 1 is 0.939 bits per heavy atom. The van der Waals surface area contributed by atoms with Gasteiger partial charge in [0.1, 0.15) is 24.6 Å². The van der Waals surface area contributed by atoms with Crippen LogP contribution in [-0.2, 0) is 23.7 Å². The van der Waals surface area contributed by atoms with Crippen molar-refractivity contribution in [3.8, 4) is 0 Å². The van der Waals surface area contributed by atoms with E-state index in [-0.39, 0.29) is 24.1 Å². The van der Waals surface area contributed by atoms with Gasteiger partial charge in [0.2, 0.25) is 0 Å². The number of methoxy groups -OCH3 is 1. The molecular weight excluding hydrogens is 426 g/mol. The van der Waals surface area contributed by atoms with E-state index in [0.29, 0.717) is 26.4 Å². The van der Waals surface area contributed by atoms with Gasteiger partial charge < -0.3 is 23.7 Å². The van der Waals surface area contributed by atoms with E-state index in [1.54, 1.807) is 0 Å². The molecule has 0 aliphatic carbocycles. The van der Waals surface area contributed by atoms with E-state index in [2.05, 4.69) is 30.9 Å². The van der Waals surface area contributed by atoms with Gasteiger partial charge in [-0.25, -0.2) is 14.5 Å². The first kappa shape index (κ1) is 27.7. The normalized spacial score (nSPS) is 22.7. The fourth-order valence-corrected chi connectivity index (χ4v) is 3.81. The van der Waals surface area contributed by atoms with E-state index >= 15 is 0 Å². The summed E-state index contributed by atoms with van der Waals surface area (Å²) in [6.45, 7) is 8.87. The molecule has 2 rings (SSSR count). The average Bonchev–Trinajstić information content (AvgIpc) is 3.44. The van der Waals surface area contributed by atoms with E-state index in [1.807, 2.05) is 0 Å². The standard InChI is InChI=1S/C24H43N3O6/c1-5-8-11-14-30-17-19-20(31-15-12-9-6-2)21(32-16-13-10-7-3)23(33-19)27-18-25-22(26-27)24(28)29-4/h18-21,23H,5-17H2,1-4H3/t19-,20-,21-,23-/m1/s1. The summed E-state index contributed by atoms with van der Waals surface area (Å²) >= 11 is 0. The zero-order valence-corrected chi connectivity index (χ0v) is 20.9. The van der Waals surface area contributed by atoms with Crippen molar-refractivity contribution in [3.05, 3.63) is 12.2 Å². The van der Waals surface area contributed by atoms with Crippen LogP contribution in [0.1, 0.15) is 95.4 Å². The van der Waals surface area contributed by atoms with Gasteiger partial charge in [0.15, 0.2) is 6.23 Å². The van der Waals surface area contributed by atoms with E-state index < -0.39 is 12.2 Å². The summed E-state index contributed by atoms with van der Waals surface area (Å²) in [4.78, 5) is 15.9. The van der Waals surface area contributed by atoms with Gasteiger partial charge in [-0.15, -0.1) is 5.10 Å². The molecule has 0 N–H and O–H groups in total. The maximum Gasteiger partial charge on any atom is 0.377 e. The molecule has 33 heavy (non-hydrogen) atoms. The Morgan fingerprint density at radius 3 is 2.15 bits per heavy atom. The highest BCUT2D eigenvalue weighted by molar-refractivity contribution is 5.84. The first-order valence-electron chi connectivity index (χ1n) is 12.6. The number of carbonyl (C=O) groups excluding carboxylic acids is 1. The summed E-state index contributed by atoms with van der Waals surface area (Å²) in [5.74, 6) is -0.596. The third-order valence-electron chi connectivity index (χ3n) is 5.71. The van der Waals surface area contributed by atoms with E-state index in [4.69, 9.17) is 23.7 Å². The Bertz CT molecular complexity index is 656. The van der Waals surface area contributed by atoms with Crippen LogP contribution < -0.4 is 0 Å². The molecule has 0 saturated carbocycles. The molecule has 2 heterocycles. The minimum atomic E-state index is -0.588. The zero-order valence-electron chi connectivity index (χ0n) is 20.9. The Hall–Kier alpha value is -1.55. The number of ether oxygens (including phenoxy) is 5. The zero-order chi connectivity index (χ0) is 23.9. The van der Waals surface area contributed by atoms with Crippen molar-refractivity contribution in [3.63, 3.8) is 0 Å². The minimum Gasteiger partial charge on any atom is -0.463 e. The largest absolute Gasteiger partial charge is 0.463 e. The van der Waals surface area contributed by atoms with Gasteiger partial charge in [-0.2, -0.15) is 0 Å². The molecule has 1 aliphatic rings. The number of aromatic nitrogens is 3. The van der Waals surface area contributed by atoms with Gasteiger partial charge in [0, 0.05) is 19.8 Å². The third kappa shape index (κ3) is 8.96. The molecule has 1 fully saturated rings. The Labute approximate surface area is 198 Å². The molecular formula is C24H43N3O6. The van der Waals surface area contributed by atoms with Crippen LogP contribution in [0.2, 0.25) is 0 Å². The van der Waals surface area contributed by atoms with E-state index in [0.717, 1.165) is 57.8 Å². The third-order valence-corrected chi connectivity index (χ3v) is 5.71. The first-order valence-corrected chi connectivity index (χ1v) is 12.6. The molecule has 1 aromatic rings. The summed E-state index contributed by atoms with van der Waals surface area (Å²) in [6.07, 6.45) is 9.70. The predicted molar refractivity (Wildman–Crippen MR) is 124 cm³/mol. The molecule has 0 radical (unpaired) electrons. The van der Waals surface area contributed by atoms with Crippen LogP contribution in [0.4, 0.5) is 0 Å². The van der Waals surface area contributed by atoms with Crippen LogP contribution in [0.5, 0.6) is 0 Å². The maximum absolute atomic E-state index is 11.8. The van der Waals surface area contributed by atoms with Gasteiger partial charge in [-0.3, -0.25) is 0 Å². The average molecular weight is 470 g/mol. The highest BCUT2D eigenvalue weighted by Gasteiger charge is 2.48. The quantitative estimate of drug-likeness (QED) is 0.232. The smallest absolute Gasteiger partial charge is 0.377 e. The summed E-state index contributed by atoms with van der Waals surface area (Å²) in [5.41, 5.74) is 0. The van der Waals surface area contributed by atoms with Crippen molar-refractivity contribution in [2.45, 2.75) is 103 Å². The second-order valence-electron chi connectivity index (χ2n) is 8.47. The van der Waals surface area contributed by atoms with Gasteiger partial charge in [-0.05, 0) is 19.3 Å². The highest BCUT2D eigenvalue weighted by Crippen LogP contribution is 2.34. The molecule has 0 amide bonds. The van der Waals surface area contributed by atoms with E-state index in [9.17, 15) is 4.79 Å². The van der Waals surface area contributed by atoms with E-state index in [1.165, 1.54) is 18.1 Å². The lowest BCUT2D eigenvalue weighted by atomic mass is 10.1. The number of hydrogen-bond acceptors (Lipinski definition) is 8. The molecule has 0 aromatic carbocycles. The number of unbranched alkanes of at least 4 members (excludes halogenated alkanes) is 6. The van der Waals surface area contributed by atoms with Crippen LogP contribution >= 0.6 is 0 Å². The lowest BCUT2D eigenvalue weighted by molar-refractivity contribution is -0.0847. The van der Waals surface area contributed by atoms with Crippen LogP contribution in [0.15, 0.2) is 6.33 Å². The predicted octanol–water partition coefficient (Wildman–Crippen LogP) is 4.32. The molecule has 0 spiro atoms. The number of nitrogens with zero attached hydrogens (tertiary/aromatic N) is 3. The van der Waals surface area contributed by atoms with Crippen molar-refractivity contribution in [1.29, 1.82) is 0 Å². The second-order valence-corrected chi connectivity index (χ2v) is 8.47. The molecule has 0 unspecified atom stereocenters. The highest BCUT2D eigenvalue weighted by atomic mass is 16.6.